The highest BCUT2D eigenvalue weighted by atomic mass is 16.6. The Morgan fingerprint density at radius 3 is 1.68 bits per heavy atom. The van der Waals surface area contributed by atoms with E-state index in [0.29, 0.717) is 25.6 Å². The fourth-order valence-corrected chi connectivity index (χ4v) is 2.89. The lowest BCUT2D eigenvalue weighted by atomic mass is 10.0. The monoisotopic (exact) mass is 356 g/mol. The molecule has 0 bridgehead atoms. The van der Waals surface area contributed by atoms with E-state index in [9.17, 15) is 4.79 Å². The molecule has 0 aliphatic heterocycles. The van der Waals surface area contributed by atoms with Crippen molar-refractivity contribution >= 4 is 5.97 Å². The molecule has 0 fully saturated rings. The minimum Gasteiger partial charge on any atom is -0.463 e. The first-order valence-electron chi connectivity index (χ1n) is 10.9. The quantitative estimate of drug-likeness (QED) is 0.191. The number of hydrogen-bond donors (Lipinski definition) is 0. The number of unbranched alkanes of at least 4 members (excludes halogenated alkanes) is 12. The zero-order chi connectivity index (χ0) is 18.6. The highest BCUT2D eigenvalue weighted by Gasteiger charge is 2.03. The average Bonchev–Trinajstić information content (AvgIpc) is 2.58. The van der Waals surface area contributed by atoms with Crippen LogP contribution in [-0.2, 0) is 14.3 Å². The highest BCUT2D eigenvalue weighted by molar-refractivity contribution is 5.69. The molecule has 3 nitrogen and oxygen atoms in total. The third-order valence-electron chi connectivity index (χ3n) is 4.43. The number of hydrogen-bond acceptors (Lipinski definition) is 3. The Morgan fingerprint density at radius 2 is 1.20 bits per heavy atom. The molecule has 0 saturated heterocycles. The van der Waals surface area contributed by atoms with E-state index in [1.165, 1.54) is 70.6 Å². The molecule has 0 aliphatic rings. The summed E-state index contributed by atoms with van der Waals surface area (Å²) in [5.41, 5.74) is 0. The second-order valence-corrected chi connectivity index (χ2v) is 7.68. The van der Waals surface area contributed by atoms with E-state index in [4.69, 9.17) is 9.47 Å². The van der Waals surface area contributed by atoms with Crippen molar-refractivity contribution in [2.24, 2.45) is 5.92 Å². The normalized spacial score (nSPS) is 11.2. The Kier molecular flexibility index (Phi) is 19.3. The van der Waals surface area contributed by atoms with Crippen LogP contribution in [-0.4, -0.2) is 25.8 Å². The Morgan fingerprint density at radius 1 is 0.720 bits per heavy atom. The Labute approximate surface area is 157 Å². The van der Waals surface area contributed by atoms with Gasteiger partial charge in [-0.15, -0.1) is 0 Å². The van der Waals surface area contributed by atoms with Gasteiger partial charge in [0.1, 0.15) is 6.61 Å². The topological polar surface area (TPSA) is 35.5 Å². The molecule has 0 spiro atoms. The van der Waals surface area contributed by atoms with Crippen LogP contribution < -0.4 is 0 Å². The maximum atomic E-state index is 11.6. The molecular weight excluding hydrogens is 312 g/mol. The number of ether oxygens (including phenoxy) is 2. The van der Waals surface area contributed by atoms with Gasteiger partial charge in [0.15, 0.2) is 0 Å². The summed E-state index contributed by atoms with van der Waals surface area (Å²) in [6, 6.07) is 0. The molecule has 0 amide bonds. The third kappa shape index (κ3) is 21.4. The molecule has 150 valence electrons. The number of rotatable bonds is 19. The van der Waals surface area contributed by atoms with Crippen molar-refractivity contribution in [3.63, 3.8) is 0 Å². The van der Waals surface area contributed by atoms with E-state index in [1.54, 1.807) is 0 Å². The summed E-state index contributed by atoms with van der Waals surface area (Å²) in [4.78, 5) is 11.6. The molecule has 0 saturated carbocycles. The van der Waals surface area contributed by atoms with Crippen LogP contribution in [0.25, 0.3) is 0 Å². The van der Waals surface area contributed by atoms with Crippen LogP contribution in [0.5, 0.6) is 0 Å². The molecule has 3 heteroatoms. The summed E-state index contributed by atoms with van der Waals surface area (Å²) < 4.78 is 10.6. The van der Waals surface area contributed by atoms with Gasteiger partial charge in [0.2, 0.25) is 0 Å². The number of carbonyl (C=O) groups is 1. The van der Waals surface area contributed by atoms with Crippen molar-refractivity contribution < 1.29 is 14.3 Å². The summed E-state index contributed by atoms with van der Waals surface area (Å²) >= 11 is 0. The van der Waals surface area contributed by atoms with Gasteiger partial charge < -0.3 is 9.47 Å². The van der Waals surface area contributed by atoms with Gasteiger partial charge in [-0.05, 0) is 12.3 Å². The van der Waals surface area contributed by atoms with Crippen LogP contribution in [0.2, 0.25) is 0 Å². The van der Waals surface area contributed by atoms with Crippen molar-refractivity contribution in [3.05, 3.63) is 0 Å². The summed E-state index contributed by atoms with van der Waals surface area (Å²) in [5, 5.41) is 0. The molecule has 25 heavy (non-hydrogen) atoms. The largest absolute Gasteiger partial charge is 0.463 e. The van der Waals surface area contributed by atoms with Crippen molar-refractivity contribution in [1.29, 1.82) is 0 Å². The van der Waals surface area contributed by atoms with E-state index in [1.807, 2.05) is 0 Å². The fourth-order valence-electron chi connectivity index (χ4n) is 2.89. The number of esters is 1. The van der Waals surface area contributed by atoms with E-state index < -0.39 is 0 Å². The van der Waals surface area contributed by atoms with Crippen LogP contribution in [0.3, 0.4) is 0 Å². The summed E-state index contributed by atoms with van der Waals surface area (Å²) in [7, 11) is 0. The Hall–Kier alpha value is -0.570. The van der Waals surface area contributed by atoms with Gasteiger partial charge in [-0.3, -0.25) is 4.79 Å². The van der Waals surface area contributed by atoms with Crippen LogP contribution in [0.4, 0.5) is 0 Å². The molecule has 0 N–H and O–H groups in total. The standard InChI is InChI=1S/C22H44O3/c1-4-5-6-7-8-9-10-11-12-13-14-15-16-17-22(23)25-19-18-24-20-21(2)3/h21H,4-20H2,1-3H3. The van der Waals surface area contributed by atoms with Gasteiger partial charge in [-0.2, -0.15) is 0 Å². The van der Waals surface area contributed by atoms with Crippen molar-refractivity contribution in [2.45, 2.75) is 111 Å². The maximum absolute atomic E-state index is 11.6. The van der Waals surface area contributed by atoms with E-state index in [-0.39, 0.29) is 5.97 Å². The molecule has 0 radical (unpaired) electrons. The van der Waals surface area contributed by atoms with Crippen LogP contribution in [0, 0.1) is 5.92 Å². The van der Waals surface area contributed by atoms with Gasteiger partial charge in [0.25, 0.3) is 0 Å². The summed E-state index contributed by atoms with van der Waals surface area (Å²) in [5.74, 6) is 0.456. The first kappa shape index (κ1) is 24.4. The Bertz CT molecular complexity index is 276. The molecule has 0 atom stereocenters. The van der Waals surface area contributed by atoms with Gasteiger partial charge in [0.05, 0.1) is 6.61 Å². The zero-order valence-electron chi connectivity index (χ0n) is 17.3. The second-order valence-electron chi connectivity index (χ2n) is 7.68. The van der Waals surface area contributed by atoms with Gasteiger partial charge >= 0.3 is 5.97 Å². The molecule has 0 aromatic rings. The van der Waals surface area contributed by atoms with Crippen molar-refractivity contribution in [3.8, 4) is 0 Å². The first-order chi connectivity index (χ1) is 12.2. The SMILES string of the molecule is CCCCCCCCCCCCCCCC(=O)OCCOCC(C)C. The minimum atomic E-state index is -0.0729. The smallest absolute Gasteiger partial charge is 0.305 e. The lowest BCUT2D eigenvalue weighted by molar-refractivity contribution is -0.145. The highest BCUT2D eigenvalue weighted by Crippen LogP contribution is 2.13. The predicted octanol–water partition coefficient (Wildman–Crippen LogP) is 6.68. The number of carbonyl (C=O) groups excluding carboxylic acids is 1. The molecular formula is C22H44O3. The van der Waals surface area contributed by atoms with Gasteiger partial charge in [-0.1, -0.05) is 97.8 Å². The molecule has 0 aromatic carbocycles. The lowest BCUT2D eigenvalue weighted by Crippen LogP contribution is -2.12. The predicted molar refractivity (Wildman–Crippen MR) is 107 cm³/mol. The summed E-state index contributed by atoms with van der Waals surface area (Å²) in [6.07, 6.45) is 17.8. The molecule has 0 heterocycles. The van der Waals surface area contributed by atoms with Crippen molar-refractivity contribution in [2.75, 3.05) is 19.8 Å². The maximum Gasteiger partial charge on any atom is 0.305 e. The lowest BCUT2D eigenvalue weighted by Gasteiger charge is -2.07. The first-order valence-corrected chi connectivity index (χ1v) is 10.9. The Balaban J connectivity index is 3.13. The van der Waals surface area contributed by atoms with Crippen molar-refractivity contribution in [1.82, 2.24) is 0 Å². The van der Waals surface area contributed by atoms with Crippen LogP contribution in [0.15, 0.2) is 0 Å². The van der Waals surface area contributed by atoms with Crippen LogP contribution in [0.1, 0.15) is 111 Å². The van der Waals surface area contributed by atoms with Gasteiger partial charge in [-0.25, -0.2) is 0 Å². The van der Waals surface area contributed by atoms with Crippen LogP contribution >= 0.6 is 0 Å². The van der Waals surface area contributed by atoms with E-state index >= 15 is 0 Å². The second kappa shape index (κ2) is 19.8. The van der Waals surface area contributed by atoms with Gasteiger partial charge in [0, 0.05) is 13.0 Å². The molecule has 0 rings (SSSR count). The van der Waals surface area contributed by atoms with E-state index in [0.717, 1.165) is 19.4 Å². The average molecular weight is 357 g/mol. The third-order valence-corrected chi connectivity index (χ3v) is 4.43. The minimum absolute atomic E-state index is 0.0729. The molecule has 0 unspecified atom stereocenters. The molecule has 0 aromatic heterocycles. The fraction of sp³-hybridized carbons (Fsp3) is 0.955. The van der Waals surface area contributed by atoms with E-state index in [2.05, 4.69) is 20.8 Å². The summed E-state index contributed by atoms with van der Waals surface area (Å²) in [6.45, 7) is 8.14. The zero-order valence-corrected chi connectivity index (χ0v) is 17.3. The molecule has 0 aliphatic carbocycles.